The Bertz CT molecular complexity index is 781. The molecule has 2 aromatic rings. The molecule has 124 valence electrons. The first kappa shape index (κ1) is 16.5. The second-order valence-corrected chi connectivity index (χ2v) is 6.30. The van der Waals surface area contributed by atoms with E-state index in [9.17, 15) is 14.7 Å². The Morgan fingerprint density at radius 2 is 1.88 bits per heavy atom. The van der Waals surface area contributed by atoms with Crippen LogP contribution in [-0.4, -0.2) is 23.7 Å². The molecule has 1 aliphatic rings. The van der Waals surface area contributed by atoms with E-state index in [0.717, 1.165) is 10.0 Å². The fourth-order valence-corrected chi connectivity index (χ4v) is 2.92. The molecule has 3 N–H and O–H groups in total. The second kappa shape index (κ2) is 6.62. The van der Waals surface area contributed by atoms with Crippen LogP contribution >= 0.6 is 15.9 Å². The molecule has 0 bridgehead atoms. The minimum absolute atomic E-state index is 0.293. The van der Waals surface area contributed by atoms with E-state index in [1.54, 1.807) is 18.2 Å². The normalized spacial score (nSPS) is 19.8. The van der Waals surface area contributed by atoms with Gasteiger partial charge in [-0.25, -0.2) is 4.79 Å². The lowest BCUT2D eigenvalue weighted by Crippen LogP contribution is -2.47. The van der Waals surface area contributed by atoms with E-state index >= 15 is 0 Å². The molecule has 0 saturated carbocycles. The first-order valence-corrected chi connectivity index (χ1v) is 8.06. The van der Waals surface area contributed by atoms with Crippen molar-refractivity contribution in [1.29, 1.82) is 0 Å². The van der Waals surface area contributed by atoms with Gasteiger partial charge in [-0.2, -0.15) is 0 Å². The summed E-state index contributed by atoms with van der Waals surface area (Å²) in [6.45, 7) is -0.282. The highest BCUT2D eigenvalue weighted by molar-refractivity contribution is 9.10. The Balaban J connectivity index is 1.96. The van der Waals surface area contributed by atoms with Crippen molar-refractivity contribution in [2.75, 3.05) is 6.61 Å². The van der Waals surface area contributed by atoms with Crippen molar-refractivity contribution < 1.29 is 19.4 Å². The van der Waals surface area contributed by atoms with Crippen LogP contribution in [0.2, 0.25) is 0 Å². The molecule has 1 saturated heterocycles. The molecular weight excluding hydrogens is 376 g/mol. The van der Waals surface area contributed by atoms with E-state index < -0.39 is 24.1 Å². The maximum atomic E-state index is 12.2. The highest BCUT2D eigenvalue weighted by atomic mass is 79.9. The van der Waals surface area contributed by atoms with Gasteiger partial charge in [0.1, 0.15) is 12.4 Å². The van der Waals surface area contributed by atoms with Gasteiger partial charge in [-0.1, -0.05) is 52.3 Å². The standard InChI is InChI=1S/C17H15BrN2O4/c18-12-6-7-13(17(10-21)15(22)19-16(23)20-17)14(8-12)24-9-11-4-2-1-3-5-11/h1-8,21H,9-10H2,(H2,19,20,22,23). The van der Waals surface area contributed by atoms with Gasteiger partial charge in [-0.15, -0.1) is 0 Å². The quantitative estimate of drug-likeness (QED) is 0.681. The van der Waals surface area contributed by atoms with Crippen LogP contribution in [-0.2, 0) is 16.9 Å². The summed E-state index contributed by atoms with van der Waals surface area (Å²) < 4.78 is 6.61. The van der Waals surface area contributed by atoms with Crippen molar-refractivity contribution in [3.8, 4) is 5.75 Å². The van der Waals surface area contributed by atoms with Gasteiger partial charge in [0.25, 0.3) is 5.91 Å². The van der Waals surface area contributed by atoms with Crippen molar-refractivity contribution in [3.05, 3.63) is 64.1 Å². The number of benzene rings is 2. The predicted molar refractivity (Wildman–Crippen MR) is 90.4 cm³/mol. The van der Waals surface area contributed by atoms with Gasteiger partial charge in [0, 0.05) is 10.0 Å². The van der Waals surface area contributed by atoms with Gasteiger partial charge < -0.3 is 15.2 Å². The number of hydrogen-bond donors (Lipinski definition) is 3. The lowest BCUT2D eigenvalue weighted by Gasteiger charge is -2.26. The molecule has 0 radical (unpaired) electrons. The average Bonchev–Trinajstić information content (AvgIpc) is 2.88. The molecule has 24 heavy (non-hydrogen) atoms. The summed E-state index contributed by atoms with van der Waals surface area (Å²) in [5, 5.41) is 14.4. The van der Waals surface area contributed by atoms with Gasteiger partial charge in [-0.05, 0) is 17.7 Å². The summed E-state index contributed by atoms with van der Waals surface area (Å²) in [5.74, 6) is -0.207. The number of carbonyl (C=O) groups is 2. The van der Waals surface area contributed by atoms with Crippen LogP contribution in [0.1, 0.15) is 11.1 Å². The van der Waals surface area contributed by atoms with E-state index in [-0.39, 0.29) is 0 Å². The summed E-state index contributed by atoms with van der Waals surface area (Å²) in [6.07, 6.45) is 0. The van der Waals surface area contributed by atoms with Crippen molar-refractivity contribution in [1.82, 2.24) is 10.6 Å². The molecule has 0 aromatic heterocycles. The van der Waals surface area contributed by atoms with Crippen LogP contribution in [0.15, 0.2) is 53.0 Å². The zero-order chi connectivity index (χ0) is 17.2. The third kappa shape index (κ3) is 3.00. The molecule has 1 aliphatic heterocycles. The second-order valence-electron chi connectivity index (χ2n) is 5.39. The number of urea groups is 1. The van der Waals surface area contributed by atoms with Crippen molar-refractivity contribution >= 4 is 27.9 Å². The summed E-state index contributed by atoms with van der Waals surface area (Å²) in [6, 6.07) is 14.0. The fourth-order valence-electron chi connectivity index (χ4n) is 2.58. The van der Waals surface area contributed by atoms with Crippen LogP contribution in [0.5, 0.6) is 5.75 Å². The lowest BCUT2D eigenvalue weighted by atomic mass is 9.90. The topological polar surface area (TPSA) is 87.7 Å². The zero-order valence-electron chi connectivity index (χ0n) is 12.6. The lowest BCUT2D eigenvalue weighted by molar-refractivity contribution is -0.125. The number of ether oxygens (including phenoxy) is 1. The largest absolute Gasteiger partial charge is 0.488 e. The molecule has 1 unspecified atom stereocenters. The summed E-state index contributed by atoms with van der Waals surface area (Å²) >= 11 is 3.37. The highest BCUT2D eigenvalue weighted by Crippen LogP contribution is 2.35. The number of carbonyl (C=O) groups excluding carboxylic acids is 2. The van der Waals surface area contributed by atoms with E-state index in [1.807, 2.05) is 30.3 Å². The molecule has 7 heteroatoms. The Labute approximate surface area is 147 Å². The zero-order valence-corrected chi connectivity index (χ0v) is 14.2. The molecule has 0 spiro atoms. The van der Waals surface area contributed by atoms with E-state index in [1.165, 1.54) is 0 Å². The summed E-state index contributed by atoms with van der Waals surface area (Å²) in [5.41, 5.74) is -0.196. The van der Waals surface area contributed by atoms with Gasteiger partial charge >= 0.3 is 6.03 Å². The molecule has 3 rings (SSSR count). The van der Waals surface area contributed by atoms with Crippen molar-refractivity contribution in [3.63, 3.8) is 0 Å². The third-order valence-corrected chi connectivity index (χ3v) is 4.31. The monoisotopic (exact) mass is 390 g/mol. The van der Waals surface area contributed by atoms with Crippen molar-refractivity contribution in [2.24, 2.45) is 0 Å². The van der Waals surface area contributed by atoms with Gasteiger partial charge in [0.15, 0.2) is 5.54 Å². The maximum absolute atomic E-state index is 12.2. The SMILES string of the molecule is O=C1NC(=O)C(CO)(c2ccc(Br)cc2OCc2ccccc2)N1. The summed E-state index contributed by atoms with van der Waals surface area (Å²) in [4.78, 5) is 23.8. The van der Waals surface area contributed by atoms with Crippen LogP contribution in [0.4, 0.5) is 4.79 Å². The highest BCUT2D eigenvalue weighted by Gasteiger charge is 2.49. The van der Waals surface area contributed by atoms with Crippen LogP contribution in [0, 0.1) is 0 Å². The number of hydrogen-bond acceptors (Lipinski definition) is 4. The number of aliphatic hydroxyl groups is 1. The Morgan fingerprint density at radius 1 is 1.12 bits per heavy atom. The molecular formula is C17H15BrN2O4. The Hall–Kier alpha value is -2.38. The molecule has 1 heterocycles. The molecule has 0 aliphatic carbocycles. The first-order valence-electron chi connectivity index (χ1n) is 7.26. The van der Waals surface area contributed by atoms with Crippen molar-refractivity contribution in [2.45, 2.75) is 12.1 Å². The van der Waals surface area contributed by atoms with E-state index in [2.05, 4.69) is 26.6 Å². The number of imide groups is 1. The smallest absolute Gasteiger partial charge is 0.322 e. The Kier molecular flexibility index (Phi) is 4.55. The van der Waals surface area contributed by atoms with Crippen LogP contribution < -0.4 is 15.4 Å². The molecule has 2 aromatic carbocycles. The maximum Gasteiger partial charge on any atom is 0.322 e. The fraction of sp³-hybridized carbons (Fsp3) is 0.176. The van der Waals surface area contributed by atoms with Gasteiger partial charge in [0.05, 0.1) is 6.61 Å². The number of amides is 3. The van der Waals surface area contributed by atoms with E-state index in [0.29, 0.717) is 17.9 Å². The minimum Gasteiger partial charge on any atom is -0.488 e. The first-order chi connectivity index (χ1) is 11.5. The Morgan fingerprint density at radius 3 is 2.50 bits per heavy atom. The molecule has 6 nitrogen and oxygen atoms in total. The van der Waals surface area contributed by atoms with Crippen LogP contribution in [0.25, 0.3) is 0 Å². The number of nitrogens with one attached hydrogen (secondary N) is 2. The van der Waals surface area contributed by atoms with Crippen LogP contribution in [0.3, 0.4) is 0 Å². The third-order valence-electron chi connectivity index (χ3n) is 3.82. The average molecular weight is 391 g/mol. The molecule has 1 fully saturated rings. The summed E-state index contributed by atoms with van der Waals surface area (Å²) in [7, 11) is 0. The number of halogens is 1. The number of aliphatic hydroxyl groups excluding tert-OH is 1. The molecule has 3 amide bonds. The molecule has 1 atom stereocenters. The predicted octanol–water partition coefficient (Wildman–Crippen LogP) is 2.06. The number of rotatable bonds is 5. The van der Waals surface area contributed by atoms with Gasteiger partial charge in [-0.3, -0.25) is 10.1 Å². The minimum atomic E-state index is -1.55. The van der Waals surface area contributed by atoms with Gasteiger partial charge in [0.2, 0.25) is 0 Å². The van der Waals surface area contributed by atoms with E-state index in [4.69, 9.17) is 4.74 Å².